The number of furan rings is 1. The second-order valence-electron chi connectivity index (χ2n) is 7.06. The average molecular weight is 384 g/mol. The number of aryl methyl sites for hydroxylation is 1. The zero-order valence-electron chi connectivity index (χ0n) is 16.0. The number of rotatable bonds is 6. The van der Waals surface area contributed by atoms with Gasteiger partial charge in [0.25, 0.3) is 11.8 Å². The van der Waals surface area contributed by atoms with Gasteiger partial charge in [0, 0.05) is 12.2 Å². The minimum Gasteiger partial charge on any atom is -0.459 e. The molecule has 7 heteroatoms. The van der Waals surface area contributed by atoms with Crippen LogP contribution < -0.4 is 10.2 Å². The molecule has 1 aliphatic heterocycles. The van der Waals surface area contributed by atoms with Crippen LogP contribution in [-0.4, -0.2) is 37.0 Å². The quantitative estimate of drug-likeness (QED) is 0.773. The molecule has 0 bridgehead atoms. The summed E-state index contributed by atoms with van der Waals surface area (Å²) in [4.78, 5) is 38.9. The third-order valence-corrected chi connectivity index (χ3v) is 4.70. The van der Waals surface area contributed by atoms with Crippen molar-refractivity contribution in [3.8, 4) is 0 Å². The van der Waals surface area contributed by atoms with Crippen LogP contribution in [0.2, 0.25) is 0 Å². The molecule has 3 rings (SSSR count). The van der Waals surface area contributed by atoms with Gasteiger partial charge in [-0.15, -0.1) is 0 Å². The van der Waals surface area contributed by atoms with Crippen molar-refractivity contribution < 1.29 is 23.5 Å². The lowest BCUT2D eigenvalue weighted by Gasteiger charge is -2.29. The van der Waals surface area contributed by atoms with Gasteiger partial charge in [-0.3, -0.25) is 9.59 Å². The molecule has 1 N–H and O–H groups in total. The molecular formula is C21H24N2O5. The summed E-state index contributed by atoms with van der Waals surface area (Å²) < 4.78 is 10.3. The molecule has 0 fully saturated rings. The first-order valence-corrected chi connectivity index (χ1v) is 9.36. The molecule has 2 amide bonds. The van der Waals surface area contributed by atoms with Crippen molar-refractivity contribution in [1.82, 2.24) is 5.32 Å². The van der Waals surface area contributed by atoms with Gasteiger partial charge in [0.1, 0.15) is 6.04 Å². The summed E-state index contributed by atoms with van der Waals surface area (Å²) in [5.74, 6) is -1.53. The fraction of sp³-hybridized carbons (Fsp3) is 0.381. The van der Waals surface area contributed by atoms with Crippen LogP contribution in [0.3, 0.4) is 0 Å². The van der Waals surface area contributed by atoms with Gasteiger partial charge in [0.2, 0.25) is 0 Å². The van der Waals surface area contributed by atoms with Crippen molar-refractivity contribution in [2.24, 2.45) is 5.92 Å². The standard InChI is InChI=1S/C21H24N2O5/c1-14(2)19(22-20(25)17-10-6-12-27-17)21(26)28-13-18(24)23-11-5-8-15-7-3-4-9-16(15)23/h3-4,6-7,9-10,12,14,19H,5,8,11,13H2,1-2H3,(H,22,25)/t19-/m0/s1. The van der Waals surface area contributed by atoms with E-state index in [-0.39, 0.29) is 24.2 Å². The van der Waals surface area contributed by atoms with Gasteiger partial charge in [-0.25, -0.2) is 4.79 Å². The Morgan fingerprint density at radius 3 is 2.68 bits per heavy atom. The van der Waals surface area contributed by atoms with Gasteiger partial charge >= 0.3 is 5.97 Å². The molecule has 1 aliphatic rings. The number of fused-ring (bicyclic) bond motifs is 1. The van der Waals surface area contributed by atoms with Crippen molar-refractivity contribution in [2.75, 3.05) is 18.1 Å². The third kappa shape index (κ3) is 4.42. The SMILES string of the molecule is CC(C)[C@H](NC(=O)c1ccco1)C(=O)OCC(=O)N1CCCc2ccccc21. The van der Waals surface area contributed by atoms with Gasteiger partial charge in [-0.05, 0) is 42.5 Å². The molecule has 1 aromatic carbocycles. The highest BCUT2D eigenvalue weighted by atomic mass is 16.5. The van der Waals surface area contributed by atoms with Crippen LogP contribution in [-0.2, 0) is 20.7 Å². The van der Waals surface area contributed by atoms with E-state index in [0.29, 0.717) is 6.54 Å². The molecule has 28 heavy (non-hydrogen) atoms. The predicted octanol–water partition coefficient (Wildman–Crippen LogP) is 2.56. The summed E-state index contributed by atoms with van der Waals surface area (Å²) in [5, 5.41) is 2.61. The smallest absolute Gasteiger partial charge is 0.329 e. The van der Waals surface area contributed by atoms with E-state index in [0.717, 1.165) is 24.1 Å². The first kappa shape index (κ1) is 19.7. The Kier molecular flexibility index (Phi) is 6.13. The maximum atomic E-state index is 12.6. The molecule has 148 valence electrons. The number of hydrogen-bond acceptors (Lipinski definition) is 5. The number of anilines is 1. The summed E-state index contributed by atoms with van der Waals surface area (Å²) in [5.41, 5.74) is 1.97. The Labute approximate surface area is 163 Å². The second-order valence-corrected chi connectivity index (χ2v) is 7.06. The van der Waals surface area contributed by atoms with Gasteiger partial charge < -0.3 is 19.4 Å². The maximum Gasteiger partial charge on any atom is 0.329 e. The van der Waals surface area contributed by atoms with E-state index in [1.165, 1.54) is 12.3 Å². The molecular weight excluding hydrogens is 360 g/mol. The van der Waals surface area contributed by atoms with Crippen LogP contribution in [0.4, 0.5) is 5.69 Å². The number of ether oxygens (including phenoxy) is 1. The highest BCUT2D eigenvalue weighted by Crippen LogP contribution is 2.26. The highest BCUT2D eigenvalue weighted by molar-refractivity contribution is 5.97. The van der Waals surface area contributed by atoms with Gasteiger partial charge in [-0.1, -0.05) is 32.0 Å². The van der Waals surface area contributed by atoms with Crippen molar-refractivity contribution in [2.45, 2.75) is 32.7 Å². The Bertz CT molecular complexity index is 844. The first-order valence-electron chi connectivity index (χ1n) is 9.36. The van der Waals surface area contributed by atoms with Crippen molar-refractivity contribution in [1.29, 1.82) is 0 Å². The van der Waals surface area contributed by atoms with Gasteiger partial charge in [0.05, 0.1) is 6.26 Å². The average Bonchev–Trinajstić information content (AvgIpc) is 3.24. The van der Waals surface area contributed by atoms with E-state index in [4.69, 9.17) is 9.15 Å². The Morgan fingerprint density at radius 2 is 1.96 bits per heavy atom. The number of para-hydroxylation sites is 1. The largest absolute Gasteiger partial charge is 0.459 e. The van der Waals surface area contributed by atoms with E-state index in [1.807, 2.05) is 24.3 Å². The fourth-order valence-electron chi connectivity index (χ4n) is 3.21. The van der Waals surface area contributed by atoms with Crippen LogP contribution in [0, 0.1) is 5.92 Å². The zero-order chi connectivity index (χ0) is 20.1. The normalized spacial score (nSPS) is 14.3. The van der Waals surface area contributed by atoms with Crippen molar-refractivity contribution >= 4 is 23.5 Å². The molecule has 7 nitrogen and oxygen atoms in total. The maximum absolute atomic E-state index is 12.6. The summed E-state index contributed by atoms with van der Waals surface area (Å²) in [7, 11) is 0. The van der Waals surface area contributed by atoms with Crippen molar-refractivity contribution in [3.63, 3.8) is 0 Å². The van der Waals surface area contributed by atoms with E-state index in [9.17, 15) is 14.4 Å². The number of carbonyl (C=O) groups is 3. The summed E-state index contributed by atoms with van der Waals surface area (Å²) in [6.07, 6.45) is 3.17. The number of amides is 2. The van der Waals surface area contributed by atoms with Crippen LogP contribution in [0.25, 0.3) is 0 Å². The topological polar surface area (TPSA) is 88.9 Å². The predicted molar refractivity (Wildman–Crippen MR) is 103 cm³/mol. The fourth-order valence-corrected chi connectivity index (χ4v) is 3.21. The number of nitrogens with one attached hydrogen (secondary N) is 1. The van der Waals surface area contributed by atoms with E-state index in [1.54, 1.807) is 24.8 Å². The number of hydrogen-bond donors (Lipinski definition) is 1. The van der Waals surface area contributed by atoms with E-state index in [2.05, 4.69) is 5.32 Å². The number of carbonyl (C=O) groups excluding carboxylic acids is 3. The van der Waals surface area contributed by atoms with Crippen LogP contribution >= 0.6 is 0 Å². The summed E-state index contributed by atoms with van der Waals surface area (Å²) in [6.45, 7) is 3.80. The molecule has 0 saturated carbocycles. The number of esters is 1. The lowest BCUT2D eigenvalue weighted by molar-refractivity contribution is -0.150. The lowest BCUT2D eigenvalue weighted by Crippen LogP contribution is -2.46. The van der Waals surface area contributed by atoms with Crippen LogP contribution in [0.5, 0.6) is 0 Å². The Balaban J connectivity index is 1.60. The molecule has 2 aromatic rings. The molecule has 0 saturated heterocycles. The highest BCUT2D eigenvalue weighted by Gasteiger charge is 2.29. The molecule has 0 radical (unpaired) electrons. The van der Waals surface area contributed by atoms with Crippen molar-refractivity contribution in [3.05, 3.63) is 54.0 Å². The molecule has 0 aliphatic carbocycles. The van der Waals surface area contributed by atoms with Crippen LogP contribution in [0.15, 0.2) is 47.1 Å². The molecule has 0 unspecified atom stereocenters. The van der Waals surface area contributed by atoms with Gasteiger partial charge in [-0.2, -0.15) is 0 Å². The van der Waals surface area contributed by atoms with Crippen LogP contribution in [0.1, 0.15) is 36.4 Å². The monoisotopic (exact) mass is 384 g/mol. The lowest BCUT2D eigenvalue weighted by atomic mass is 10.0. The summed E-state index contributed by atoms with van der Waals surface area (Å²) >= 11 is 0. The zero-order valence-corrected chi connectivity index (χ0v) is 16.0. The second kappa shape index (κ2) is 8.73. The van der Waals surface area contributed by atoms with Gasteiger partial charge in [0.15, 0.2) is 12.4 Å². The number of nitrogens with zero attached hydrogens (tertiary/aromatic N) is 1. The Hall–Kier alpha value is -3.09. The minimum atomic E-state index is -0.876. The van der Waals surface area contributed by atoms with E-state index >= 15 is 0 Å². The summed E-state index contributed by atoms with van der Waals surface area (Å²) in [6, 6.07) is 9.95. The number of benzene rings is 1. The Morgan fingerprint density at radius 1 is 1.18 bits per heavy atom. The first-order chi connectivity index (χ1) is 13.5. The minimum absolute atomic E-state index is 0.111. The molecule has 2 heterocycles. The molecule has 0 spiro atoms. The molecule has 1 aromatic heterocycles. The molecule has 1 atom stereocenters. The van der Waals surface area contributed by atoms with E-state index < -0.39 is 17.9 Å². The third-order valence-electron chi connectivity index (χ3n) is 4.70.